The second-order valence-corrected chi connectivity index (χ2v) is 9.97. The van der Waals surface area contributed by atoms with Gasteiger partial charge < -0.3 is 0 Å². The number of piperidine rings is 1. The van der Waals surface area contributed by atoms with Gasteiger partial charge in [-0.15, -0.1) is 0 Å². The van der Waals surface area contributed by atoms with E-state index in [1.165, 1.54) is 29.3 Å². The van der Waals surface area contributed by atoms with Crippen LogP contribution in [0.1, 0.15) is 29.5 Å². The number of aryl methyl sites for hydroxylation is 1. The van der Waals surface area contributed by atoms with Crippen LogP contribution in [0.3, 0.4) is 0 Å². The van der Waals surface area contributed by atoms with E-state index in [0.717, 1.165) is 38.9 Å². The summed E-state index contributed by atoms with van der Waals surface area (Å²) in [5.74, 6) is -0.0452. The Hall–Kier alpha value is -1.76. The van der Waals surface area contributed by atoms with E-state index >= 15 is 0 Å². The number of sulfonamides is 1. The first kappa shape index (κ1) is 19.6. The molecule has 6 heteroatoms. The van der Waals surface area contributed by atoms with Gasteiger partial charge in [0.25, 0.3) is 0 Å². The van der Waals surface area contributed by atoms with Crippen LogP contribution in [-0.2, 0) is 23.0 Å². The van der Waals surface area contributed by atoms with E-state index < -0.39 is 10.0 Å². The lowest BCUT2D eigenvalue weighted by molar-refractivity contribution is 0.167. The number of hydrogen-bond acceptors (Lipinski definition) is 3. The molecule has 0 aromatic heterocycles. The third kappa shape index (κ3) is 4.00. The summed E-state index contributed by atoms with van der Waals surface area (Å²) in [4.78, 5) is 2.64. The van der Waals surface area contributed by atoms with Crippen molar-refractivity contribution in [2.24, 2.45) is 5.92 Å². The summed E-state index contributed by atoms with van der Waals surface area (Å²) in [7, 11) is -3.58. The molecule has 28 heavy (non-hydrogen) atoms. The number of halogens is 1. The van der Waals surface area contributed by atoms with Crippen LogP contribution >= 0.6 is 0 Å². The van der Waals surface area contributed by atoms with Crippen molar-refractivity contribution in [1.82, 2.24) is 9.21 Å². The summed E-state index contributed by atoms with van der Waals surface area (Å²) in [6, 6.07) is 12.6. The Bertz CT molecular complexity index is 961. The lowest BCUT2D eigenvalue weighted by Gasteiger charge is -2.36. The van der Waals surface area contributed by atoms with E-state index in [2.05, 4.69) is 29.2 Å². The molecule has 1 fully saturated rings. The Morgan fingerprint density at radius 2 is 1.89 bits per heavy atom. The van der Waals surface area contributed by atoms with Crippen molar-refractivity contribution in [2.75, 3.05) is 26.2 Å². The van der Waals surface area contributed by atoms with Crippen LogP contribution in [0.4, 0.5) is 4.39 Å². The average Bonchev–Trinajstić information content (AvgIpc) is 2.70. The van der Waals surface area contributed by atoms with E-state index in [0.29, 0.717) is 24.6 Å². The quantitative estimate of drug-likeness (QED) is 0.785. The summed E-state index contributed by atoms with van der Waals surface area (Å²) < 4.78 is 41.2. The van der Waals surface area contributed by atoms with Gasteiger partial charge in [-0.1, -0.05) is 24.3 Å². The van der Waals surface area contributed by atoms with Crippen LogP contribution in [0.5, 0.6) is 0 Å². The van der Waals surface area contributed by atoms with E-state index in [4.69, 9.17) is 0 Å². The molecule has 2 heterocycles. The van der Waals surface area contributed by atoms with Crippen molar-refractivity contribution in [3.63, 3.8) is 0 Å². The zero-order valence-electron chi connectivity index (χ0n) is 16.3. The Kier molecular flexibility index (Phi) is 5.54. The first-order valence-electron chi connectivity index (χ1n) is 9.99. The molecule has 1 unspecified atom stereocenters. The average molecular weight is 403 g/mol. The lowest BCUT2D eigenvalue weighted by Crippen LogP contribution is -2.44. The van der Waals surface area contributed by atoms with E-state index in [1.54, 1.807) is 11.2 Å². The minimum atomic E-state index is -3.58. The molecular formula is C22H27FN2O2S. The number of nitrogens with zero attached hydrogens (tertiary/aromatic N) is 2. The van der Waals surface area contributed by atoms with Crippen LogP contribution in [0.15, 0.2) is 47.4 Å². The highest BCUT2D eigenvalue weighted by Gasteiger charge is 2.31. The molecule has 2 aliphatic rings. The second-order valence-electron chi connectivity index (χ2n) is 8.04. The van der Waals surface area contributed by atoms with Crippen LogP contribution < -0.4 is 0 Å². The zero-order valence-corrected chi connectivity index (χ0v) is 17.1. The molecular weight excluding hydrogens is 375 g/mol. The van der Waals surface area contributed by atoms with Crippen LogP contribution in [0.25, 0.3) is 0 Å². The van der Waals surface area contributed by atoms with Crippen molar-refractivity contribution < 1.29 is 12.8 Å². The van der Waals surface area contributed by atoms with Crippen LogP contribution in [0, 0.1) is 18.7 Å². The van der Waals surface area contributed by atoms with Gasteiger partial charge >= 0.3 is 0 Å². The Labute approximate surface area is 167 Å². The summed E-state index contributed by atoms with van der Waals surface area (Å²) >= 11 is 0. The standard InChI is InChI=1S/C22H27FN2O2S/c1-17-13-21(8-9-22(17)23)28(26,27)25-11-4-5-18(15-25)14-24-12-10-19-6-2-3-7-20(19)16-24/h2-3,6-9,13,18H,4-5,10-12,14-16H2,1H3. The molecule has 2 aliphatic heterocycles. The Morgan fingerprint density at radius 3 is 2.68 bits per heavy atom. The second kappa shape index (κ2) is 7.93. The molecule has 1 atom stereocenters. The number of hydrogen-bond donors (Lipinski definition) is 0. The highest BCUT2D eigenvalue weighted by Crippen LogP contribution is 2.27. The van der Waals surface area contributed by atoms with E-state index in [1.807, 2.05) is 0 Å². The molecule has 2 aromatic rings. The number of rotatable bonds is 4. The van der Waals surface area contributed by atoms with Gasteiger partial charge in [-0.25, -0.2) is 12.8 Å². The van der Waals surface area contributed by atoms with Gasteiger partial charge in [0, 0.05) is 32.7 Å². The monoisotopic (exact) mass is 402 g/mol. The topological polar surface area (TPSA) is 40.6 Å². The fraction of sp³-hybridized carbons (Fsp3) is 0.455. The fourth-order valence-electron chi connectivity index (χ4n) is 4.40. The maximum Gasteiger partial charge on any atom is 0.243 e. The highest BCUT2D eigenvalue weighted by molar-refractivity contribution is 7.89. The van der Waals surface area contributed by atoms with Crippen molar-refractivity contribution in [1.29, 1.82) is 0 Å². The number of fused-ring (bicyclic) bond motifs is 1. The third-order valence-corrected chi connectivity index (χ3v) is 7.84. The van der Waals surface area contributed by atoms with Gasteiger partial charge in [0.15, 0.2) is 0 Å². The third-order valence-electron chi connectivity index (χ3n) is 5.98. The van der Waals surface area contributed by atoms with Crippen molar-refractivity contribution in [3.8, 4) is 0 Å². The Morgan fingerprint density at radius 1 is 1.11 bits per heavy atom. The molecule has 0 spiro atoms. The summed E-state index contributed by atoms with van der Waals surface area (Å²) in [6.07, 6.45) is 2.97. The summed E-state index contributed by atoms with van der Waals surface area (Å²) in [5, 5.41) is 0. The van der Waals surface area contributed by atoms with Crippen LogP contribution in [0.2, 0.25) is 0 Å². The summed E-state index contributed by atoms with van der Waals surface area (Å²) in [5.41, 5.74) is 3.18. The molecule has 0 N–H and O–H groups in total. The first-order chi connectivity index (χ1) is 13.4. The predicted octanol–water partition coefficient (Wildman–Crippen LogP) is 3.59. The minimum Gasteiger partial charge on any atom is -0.298 e. The fourth-order valence-corrected chi connectivity index (χ4v) is 6.04. The summed E-state index contributed by atoms with van der Waals surface area (Å²) in [6.45, 7) is 5.56. The molecule has 0 radical (unpaired) electrons. The zero-order chi connectivity index (χ0) is 19.7. The van der Waals surface area contributed by atoms with Gasteiger partial charge in [0.2, 0.25) is 10.0 Å². The lowest BCUT2D eigenvalue weighted by atomic mass is 9.95. The predicted molar refractivity (Wildman–Crippen MR) is 108 cm³/mol. The smallest absolute Gasteiger partial charge is 0.243 e. The highest BCUT2D eigenvalue weighted by atomic mass is 32.2. The molecule has 150 valence electrons. The molecule has 0 bridgehead atoms. The van der Waals surface area contributed by atoms with Crippen molar-refractivity contribution in [2.45, 2.75) is 37.6 Å². The SMILES string of the molecule is Cc1cc(S(=O)(=O)N2CCCC(CN3CCc4ccccc4C3)C2)ccc1F. The Balaban J connectivity index is 1.44. The van der Waals surface area contributed by atoms with Crippen molar-refractivity contribution >= 4 is 10.0 Å². The molecule has 0 aliphatic carbocycles. The maximum atomic E-state index is 13.5. The minimum absolute atomic E-state index is 0.193. The molecule has 2 aromatic carbocycles. The van der Waals surface area contributed by atoms with Gasteiger partial charge in [-0.05, 0) is 67.0 Å². The normalized spacial score (nSPS) is 21.4. The van der Waals surface area contributed by atoms with E-state index in [-0.39, 0.29) is 10.7 Å². The number of benzene rings is 2. The van der Waals surface area contributed by atoms with Crippen molar-refractivity contribution in [3.05, 3.63) is 65.0 Å². The maximum absolute atomic E-state index is 13.5. The van der Waals surface area contributed by atoms with Gasteiger partial charge in [0.05, 0.1) is 4.90 Å². The first-order valence-corrected chi connectivity index (χ1v) is 11.4. The van der Waals surface area contributed by atoms with Gasteiger partial charge in [-0.3, -0.25) is 4.90 Å². The van der Waals surface area contributed by atoms with Gasteiger partial charge in [-0.2, -0.15) is 4.31 Å². The molecule has 4 nitrogen and oxygen atoms in total. The van der Waals surface area contributed by atoms with Gasteiger partial charge in [0.1, 0.15) is 5.82 Å². The van der Waals surface area contributed by atoms with Crippen LogP contribution in [-0.4, -0.2) is 43.8 Å². The molecule has 4 rings (SSSR count). The van der Waals surface area contributed by atoms with E-state index in [9.17, 15) is 12.8 Å². The molecule has 0 saturated carbocycles. The molecule has 1 saturated heterocycles. The molecule has 0 amide bonds. The largest absolute Gasteiger partial charge is 0.298 e.